The van der Waals surface area contributed by atoms with Crippen molar-refractivity contribution in [1.29, 1.82) is 0 Å². The van der Waals surface area contributed by atoms with Crippen molar-refractivity contribution >= 4 is 10.9 Å². The summed E-state index contributed by atoms with van der Waals surface area (Å²) in [6, 6.07) is 11.6. The molecule has 4 heteroatoms. The van der Waals surface area contributed by atoms with Gasteiger partial charge in [0.1, 0.15) is 0 Å². The molecule has 19 heavy (non-hydrogen) atoms. The summed E-state index contributed by atoms with van der Waals surface area (Å²) >= 11 is 0. The number of nitrogens with zero attached hydrogens (tertiary/aromatic N) is 3. The Labute approximate surface area is 111 Å². The quantitative estimate of drug-likeness (QED) is 0.717. The zero-order valence-electron chi connectivity index (χ0n) is 10.6. The van der Waals surface area contributed by atoms with Gasteiger partial charge < -0.3 is 4.74 Å². The zero-order valence-corrected chi connectivity index (χ0v) is 10.6. The summed E-state index contributed by atoms with van der Waals surface area (Å²) in [5, 5.41) is 0.928. The first-order valence-corrected chi connectivity index (χ1v) is 6.18. The van der Waals surface area contributed by atoms with Gasteiger partial charge in [0.15, 0.2) is 5.82 Å². The van der Waals surface area contributed by atoms with E-state index in [9.17, 15) is 0 Å². The molecule has 94 valence electrons. The molecule has 0 saturated heterocycles. The van der Waals surface area contributed by atoms with Gasteiger partial charge in [-0.1, -0.05) is 12.1 Å². The summed E-state index contributed by atoms with van der Waals surface area (Å²) in [6.45, 7) is 2.52. The molecule has 0 N–H and O–H groups in total. The van der Waals surface area contributed by atoms with Crippen LogP contribution in [0.3, 0.4) is 0 Å². The van der Waals surface area contributed by atoms with E-state index in [1.54, 1.807) is 12.4 Å². The maximum atomic E-state index is 5.61. The van der Waals surface area contributed by atoms with Gasteiger partial charge in [0.2, 0.25) is 5.88 Å². The van der Waals surface area contributed by atoms with E-state index in [2.05, 4.69) is 15.0 Å². The van der Waals surface area contributed by atoms with Crippen molar-refractivity contribution < 1.29 is 4.74 Å². The van der Waals surface area contributed by atoms with Crippen LogP contribution < -0.4 is 4.74 Å². The molecule has 0 aliphatic heterocycles. The number of ether oxygens (including phenoxy) is 1. The van der Waals surface area contributed by atoms with Crippen LogP contribution in [0.5, 0.6) is 5.88 Å². The second-order valence-corrected chi connectivity index (χ2v) is 4.04. The van der Waals surface area contributed by atoms with Crippen molar-refractivity contribution in [3.05, 3.63) is 48.8 Å². The fourth-order valence-corrected chi connectivity index (χ4v) is 1.92. The van der Waals surface area contributed by atoms with Crippen molar-refractivity contribution in [3.8, 4) is 17.3 Å². The lowest BCUT2D eigenvalue weighted by atomic mass is 10.2. The Morgan fingerprint density at radius 1 is 1.05 bits per heavy atom. The minimum Gasteiger partial charge on any atom is -0.477 e. The molecule has 0 aliphatic rings. The van der Waals surface area contributed by atoms with Crippen molar-refractivity contribution in [2.24, 2.45) is 0 Å². The second-order valence-electron chi connectivity index (χ2n) is 4.04. The van der Waals surface area contributed by atoms with Gasteiger partial charge in [0, 0.05) is 18.0 Å². The van der Waals surface area contributed by atoms with Gasteiger partial charge in [-0.3, -0.25) is 4.98 Å². The molecule has 0 radical (unpaired) electrons. The predicted molar refractivity (Wildman–Crippen MR) is 73.9 cm³/mol. The molecule has 2 aromatic heterocycles. The maximum Gasteiger partial charge on any atom is 0.225 e. The highest BCUT2D eigenvalue weighted by Crippen LogP contribution is 2.25. The summed E-state index contributed by atoms with van der Waals surface area (Å²) in [4.78, 5) is 13.1. The molecule has 3 rings (SSSR count). The number of para-hydroxylation sites is 1. The first kappa shape index (κ1) is 11.6. The Hall–Kier alpha value is -2.49. The van der Waals surface area contributed by atoms with Gasteiger partial charge >= 0.3 is 0 Å². The minimum atomic E-state index is 0.577. The molecular weight excluding hydrogens is 238 g/mol. The molecule has 0 saturated carbocycles. The SMILES string of the molecule is CCOc1nc(-c2cccnc2)nc2ccccc12. The van der Waals surface area contributed by atoms with E-state index in [0.29, 0.717) is 18.3 Å². The molecule has 3 aromatic rings. The number of pyridine rings is 1. The Balaban J connectivity index is 2.22. The van der Waals surface area contributed by atoms with Gasteiger partial charge in [-0.25, -0.2) is 4.98 Å². The zero-order chi connectivity index (χ0) is 13.1. The van der Waals surface area contributed by atoms with Crippen molar-refractivity contribution in [2.75, 3.05) is 6.61 Å². The highest BCUT2D eigenvalue weighted by molar-refractivity contribution is 5.85. The third kappa shape index (κ3) is 2.25. The molecule has 0 aliphatic carbocycles. The Morgan fingerprint density at radius 2 is 1.95 bits per heavy atom. The van der Waals surface area contributed by atoms with E-state index in [1.165, 1.54) is 0 Å². The largest absolute Gasteiger partial charge is 0.477 e. The van der Waals surface area contributed by atoms with Crippen LogP contribution in [0.15, 0.2) is 48.8 Å². The first-order valence-electron chi connectivity index (χ1n) is 6.18. The Morgan fingerprint density at radius 3 is 2.74 bits per heavy atom. The molecule has 0 spiro atoms. The standard InChI is InChI=1S/C15H13N3O/c1-2-19-15-12-7-3-4-8-13(12)17-14(18-15)11-6-5-9-16-10-11/h3-10H,2H2,1H3. The molecule has 0 bridgehead atoms. The topological polar surface area (TPSA) is 47.9 Å². The molecule has 0 fully saturated rings. The van der Waals surface area contributed by atoms with E-state index >= 15 is 0 Å². The third-order valence-corrected chi connectivity index (χ3v) is 2.77. The van der Waals surface area contributed by atoms with Gasteiger partial charge in [-0.2, -0.15) is 4.98 Å². The lowest BCUT2D eigenvalue weighted by molar-refractivity contribution is 0.331. The number of rotatable bonds is 3. The normalized spacial score (nSPS) is 10.6. The summed E-state index contributed by atoms with van der Waals surface area (Å²) in [5.74, 6) is 1.25. The lowest BCUT2D eigenvalue weighted by Crippen LogP contribution is -1.99. The van der Waals surface area contributed by atoms with E-state index < -0.39 is 0 Å². The molecule has 4 nitrogen and oxygen atoms in total. The van der Waals surface area contributed by atoms with Gasteiger partial charge in [0.25, 0.3) is 0 Å². The van der Waals surface area contributed by atoms with Crippen molar-refractivity contribution in [1.82, 2.24) is 15.0 Å². The Bertz CT molecular complexity index is 698. The van der Waals surface area contributed by atoms with Gasteiger partial charge in [-0.05, 0) is 31.2 Å². The average Bonchev–Trinajstić information content (AvgIpc) is 2.48. The van der Waals surface area contributed by atoms with E-state index in [-0.39, 0.29) is 0 Å². The molecule has 0 unspecified atom stereocenters. The van der Waals surface area contributed by atoms with Crippen LogP contribution in [-0.4, -0.2) is 21.6 Å². The molecule has 2 heterocycles. The highest BCUT2D eigenvalue weighted by Gasteiger charge is 2.09. The summed E-state index contributed by atoms with van der Waals surface area (Å²) in [7, 11) is 0. The molecule has 0 atom stereocenters. The number of aromatic nitrogens is 3. The Kier molecular flexibility index (Phi) is 3.06. The number of benzene rings is 1. The smallest absolute Gasteiger partial charge is 0.225 e. The average molecular weight is 251 g/mol. The molecule has 1 aromatic carbocycles. The number of hydrogen-bond acceptors (Lipinski definition) is 4. The highest BCUT2D eigenvalue weighted by atomic mass is 16.5. The summed E-state index contributed by atoms with van der Waals surface area (Å²) < 4.78 is 5.61. The number of fused-ring (bicyclic) bond motifs is 1. The number of hydrogen-bond donors (Lipinski definition) is 0. The third-order valence-electron chi connectivity index (χ3n) is 2.77. The van der Waals surface area contributed by atoms with Crippen LogP contribution in [-0.2, 0) is 0 Å². The van der Waals surface area contributed by atoms with Gasteiger partial charge in [0.05, 0.1) is 17.5 Å². The molecule has 0 amide bonds. The van der Waals surface area contributed by atoms with E-state index in [0.717, 1.165) is 16.5 Å². The fourth-order valence-electron chi connectivity index (χ4n) is 1.92. The summed E-state index contributed by atoms with van der Waals surface area (Å²) in [6.07, 6.45) is 3.48. The fraction of sp³-hybridized carbons (Fsp3) is 0.133. The van der Waals surface area contributed by atoms with Crippen molar-refractivity contribution in [3.63, 3.8) is 0 Å². The van der Waals surface area contributed by atoms with Crippen LogP contribution in [0, 0.1) is 0 Å². The molecular formula is C15H13N3O. The van der Waals surface area contributed by atoms with E-state index in [1.807, 2.05) is 43.3 Å². The predicted octanol–water partition coefficient (Wildman–Crippen LogP) is 3.09. The minimum absolute atomic E-state index is 0.577. The van der Waals surface area contributed by atoms with Crippen molar-refractivity contribution in [2.45, 2.75) is 6.92 Å². The van der Waals surface area contributed by atoms with Crippen LogP contribution >= 0.6 is 0 Å². The van der Waals surface area contributed by atoms with Crippen LogP contribution in [0.2, 0.25) is 0 Å². The van der Waals surface area contributed by atoms with E-state index in [4.69, 9.17) is 4.74 Å². The van der Waals surface area contributed by atoms with Crippen LogP contribution in [0.4, 0.5) is 0 Å². The van der Waals surface area contributed by atoms with Crippen LogP contribution in [0.25, 0.3) is 22.3 Å². The van der Waals surface area contributed by atoms with Gasteiger partial charge in [-0.15, -0.1) is 0 Å². The monoisotopic (exact) mass is 251 g/mol. The maximum absolute atomic E-state index is 5.61. The lowest BCUT2D eigenvalue weighted by Gasteiger charge is -2.08. The summed E-state index contributed by atoms with van der Waals surface area (Å²) in [5.41, 5.74) is 1.76. The second kappa shape index (κ2) is 5.02. The first-order chi connectivity index (χ1) is 9.38. The van der Waals surface area contributed by atoms with Crippen LogP contribution in [0.1, 0.15) is 6.92 Å².